The number of aryl methyl sites for hydroxylation is 1. The molecular formula is C14H17N3O3S. The number of hydrogen-bond acceptors (Lipinski definition) is 5. The summed E-state index contributed by atoms with van der Waals surface area (Å²) in [5.41, 5.74) is 2.31. The van der Waals surface area contributed by atoms with E-state index >= 15 is 0 Å². The highest BCUT2D eigenvalue weighted by Gasteiger charge is 2.06. The van der Waals surface area contributed by atoms with E-state index in [-0.39, 0.29) is 0 Å². The minimum atomic E-state index is -3.30. The first kappa shape index (κ1) is 15.1. The van der Waals surface area contributed by atoms with E-state index in [1.165, 1.54) is 6.20 Å². The van der Waals surface area contributed by atoms with E-state index < -0.39 is 10.0 Å². The monoisotopic (exact) mass is 307 g/mol. The number of sulfonamides is 1. The number of benzene rings is 1. The second-order valence-corrected chi connectivity index (χ2v) is 6.38. The molecule has 0 spiro atoms. The summed E-state index contributed by atoms with van der Waals surface area (Å²) in [5.74, 6) is 1.30. The maximum atomic E-state index is 11.1. The van der Waals surface area contributed by atoms with Crippen molar-refractivity contribution >= 4 is 27.2 Å². The van der Waals surface area contributed by atoms with Crippen molar-refractivity contribution in [2.75, 3.05) is 23.4 Å². The average molecular weight is 307 g/mol. The molecule has 0 amide bonds. The highest BCUT2D eigenvalue weighted by Crippen LogP contribution is 2.28. The van der Waals surface area contributed by atoms with Crippen LogP contribution in [0.4, 0.5) is 17.2 Å². The Morgan fingerprint density at radius 2 is 1.95 bits per heavy atom. The molecule has 0 unspecified atom stereocenters. The quantitative estimate of drug-likeness (QED) is 0.887. The highest BCUT2D eigenvalue weighted by molar-refractivity contribution is 7.92. The molecule has 6 nitrogen and oxygen atoms in total. The Morgan fingerprint density at radius 3 is 2.52 bits per heavy atom. The molecule has 0 aliphatic carbocycles. The summed E-state index contributed by atoms with van der Waals surface area (Å²) in [6, 6.07) is 9.10. The zero-order chi connectivity index (χ0) is 15.5. The van der Waals surface area contributed by atoms with E-state index in [9.17, 15) is 8.42 Å². The molecule has 2 rings (SSSR count). The summed E-state index contributed by atoms with van der Waals surface area (Å²) < 4.78 is 29.9. The van der Waals surface area contributed by atoms with Gasteiger partial charge in [0.15, 0.2) is 0 Å². The van der Waals surface area contributed by atoms with Crippen molar-refractivity contribution in [2.24, 2.45) is 0 Å². The largest absolute Gasteiger partial charge is 0.495 e. The van der Waals surface area contributed by atoms with Crippen LogP contribution in [0.5, 0.6) is 5.75 Å². The molecule has 2 N–H and O–H groups in total. The van der Waals surface area contributed by atoms with Crippen LogP contribution in [0.1, 0.15) is 5.56 Å². The van der Waals surface area contributed by atoms with Gasteiger partial charge in [-0.2, -0.15) is 0 Å². The fourth-order valence-corrected chi connectivity index (χ4v) is 2.35. The molecule has 21 heavy (non-hydrogen) atoms. The molecule has 0 radical (unpaired) electrons. The second kappa shape index (κ2) is 6.01. The van der Waals surface area contributed by atoms with Gasteiger partial charge in [0.25, 0.3) is 0 Å². The van der Waals surface area contributed by atoms with Crippen molar-refractivity contribution in [3.05, 3.63) is 42.1 Å². The summed E-state index contributed by atoms with van der Waals surface area (Å²) in [7, 11) is -1.70. The maximum absolute atomic E-state index is 11.1. The van der Waals surface area contributed by atoms with Gasteiger partial charge < -0.3 is 10.1 Å². The van der Waals surface area contributed by atoms with Crippen molar-refractivity contribution in [3.8, 4) is 5.75 Å². The standard InChI is InChI=1S/C14H17N3O3S/c1-10-4-6-13(20-2)12(8-10)16-14-7-5-11(9-15-14)17-21(3,18)19/h4-9,17H,1-3H3,(H,15,16). The third-order valence-electron chi connectivity index (χ3n) is 2.68. The van der Waals surface area contributed by atoms with E-state index in [4.69, 9.17) is 4.74 Å². The number of nitrogens with zero attached hydrogens (tertiary/aromatic N) is 1. The van der Waals surface area contributed by atoms with Crippen molar-refractivity contribution < 1.29 is 13.2 Å². The molecule has 0 saturated carbocycles. The predicted octanol–water partition coefficient (Wildman–Crippen LogP) is 2.51. The van der Waals surface area contributed by atoms with E-state index in [0.717, 1.165) is 17.5 Å². The van der Waals surface area contributed by atoms with Crippen molar-refractivity contribution in [1.29, 1.82) is 0 Å². The molecule has 2 aromatic rings. The molecule has 0 aliphatic rings. The molecular weight excluding hydrogens is 290 g/mol. The van der Waals surface area contributed by atoms with E-state index in [1.807, 2.05) is 25.1 Å². The van der Waals surface area contributed by atoms with Gasteiger partial charge in [0.2, 0.25) is 10.0 Å². The minimum Gasteiger partial charge on any atom is -0.495 e. The Labute approximate surface area is 124 Å². The van der Waals surface area contributed by atoms with Gasteiger partial charge in [0, 0.05) is 0 Å². The predicted molar refractivity (Wildman–Crippen MR) is 83.7 cm³/mol. The van der Waals surface area contributed by atoms with E-state index in [2.05, 4.69) is 15.0 Å². The number of nitrogens with one attached hydrogen (secondary N) is 2. The van der Waals surface area contributed by atoms with Crippen LogP contribution in [-0.4, -0.2) is 26.8 Å². The molecule has 0 saturated heterocycles. The third-order valence-corrected chi connectivity index (χ3v) is 3.29. The van der Waals surface area contributed by atoms with Crippen LogP contribution in [-0.2, 0) is 10.0 Å². The average Bonchev–Trinajstić information content (AvgIpc) is 2.40. The Hall–Kier alpha value is -2.28. The smallest absolute Gasteiger partial charge is 0.229 e. The molecule has 112 valence electrons. The Balaban J connectivity index is 2.19. The number of methoxy groups -OCH3 is 1. The fourth-order valence-electron chi connectivity index (χ4n) is 1.80. The molecule has 1 aromatic carbocycles. The Kier molecular flexibility index (Phi) is 4.32. The van der Waals surface area contributed by atoms with E-state index in [1.54, 1.807) is 19.2 Å². The lowest BCUT2D eigenvalue weighted by Crippen LogP contribution is -2.09. The third kappa shape index (κ3) is 4.35. The SMILES string of the molecule is COc1ccc(C)cc1Nc1ccc(NS(C)(=O)=O)cn1. The fraction of sp³-hybridized carbons (Fsp3) is 0.214. The van der Waals surface area contributed by atoms with Crippen molar-refractivity contribution in [2.45, 2.75) is 6.92 Å². The second-order valence-electron chi connectivity index (χ2n) is 4.64. The number of anilines is 3. The number of pyridine rings is 1. The summed E-state index contributed by atoms with van der Waals surface area (Å²) in [5, 5.41) is 3.14. The minimum absolute atomic E-state index is 0.416. The van der Waals surface area contributed by atoms with E-state index in [0.29, 0.717) is 17.3 Å². The summed E-state index contributed by atoms with van der Waals surface area (Å²) >= 11 is 0. The molecule has 0 fully saturated rings. The lowest BCUT2D eigenvalue weighted by molar-refractivity contribution is 0.416. The van der Waals surface area contributed by atoms with Gasteiger partial charge >= 0.3 is 0 Å². The molecule has 0 atom stereocenters. The van der Waals surface area contributed by atoms with Gasteiger partial charge in [0.05, 0.1) is 30.9 Å². The van der Waals surface area contributed by atoms with Crippen LogP contribution in [0, 0.1) is 6.92 Å². The molecule has 0 aliphatic heterocycles. The van der Waals surface area contributed by atoms with Gasteiger partial charge in [-0.1, -0.05) is 6.07 Å². The molecule has 1 aromatic heterocycles. The number of ether oxygens (including phenoxy) is 1. The zero-order valence-electron chi connectivity index (χ0n) is 12.0. The summed E-state index contributed by atoms with van der Waals surface area (Å²) in [4.78, 5) is 4.17. The number of hydrogen-bond donors (Lipinski definition) is 2. The van der Waals surface area contributed by atoms with Crippen LogP contribution in [0.2, 0.25) is 0 Å². The van der Waals surface area contributed by atoms with Gasteiger partial charge in [-0.15, -0.1) is 0 Å². The first-order valence-electron chi connectivity index (χ1n) is 6.23. The summed E-state index contributed by atoms with van der Waals surface area (Å²) in [6.07, 6.45) is 2.54. The Morgan fingerprint density at radius 1 is 1.19 bits per heavy atom. The zero-order valence-corrected chi connectivity index (χ0v) is 12.9. The van der Waals surface area contributed by atoms with Crippen LogP contribution >= 0.6 is 0 Å². The van der Waals surface area contributed by atoms with Crippen LogP contribution < -0.4 is 14.8 Å². The van der Waals surface area contributed by atoms with Gasteiger partial charge in [-0.3, -0.25) is 4.72 Å². The first-order chi connectivity index (χ1) is 9.87. The maximum Gasteiger partial charge on any atom is 0.229 e. The first-order valence-corrected chi connectivity index (χ1v) is 8.12. The lowest BCUT2D eigenvalue weighted by Gasteiger charge is -2.12. The van der Waals surface area contributed by atoms with Crippen LogP contribution in [0.15, 0.2) is 36.5 Å². The number of rotatable bonds is 5. The molecule has 1 heterocycles. The lowest BCUT2D eigenvalue weighted by atomic mass is 10.2. The summed E-state index contributed by atoms with van der Waals surface area (Å²) in [6.45, 7) is 1.98. The van der Waals surface area contributed by atoms with Gasteiger partial charge in [0.1, 0.15) is 11.6 Å². The van der Waals surface area contributed by atoms with Crippen LogP contribution in [0.3, 0.4) is 0 Å². The topological polar surface area (TPSA) is 80.3 Å². The normalized spacial score (nSPS) is 11.0. The van der Waals surface area contributed by atoms with Gasteiger partial charge in [-0.25, -0.2) is 13.4 Å². The Bertz CT molecular complexity index is 728. The molecule has 7 heteroatoms. The van der Waals surface area contributed by atoms with Crippen LogP contribution in [0.25, 0.3) is 0 Å². The highest BCUT2D eigenvalue weighted by atomic mass is 32.2. The van der Waals surface area contributed by atoms with Gasteiger partial charge in [-0.05, 0) is 36.8 Å². The molecule has 0 bridgehead atoms. The number of aromatic nitrogens is 1. The van der Waals surface area contributed by atoms with Crippen molar-refractivity contribution in [1.82, 2.24) is 4.98 Å². The van der Waals surface area contributed by atoms with Crippen molar-refractivity contribution in [3.63, 3.8) is 0 Å².